The lowest BCUT2D eigenvalue weighted by molar-refractivity contribution is -0.143. The Bertz CT molecular complexity index is 1120. The van der Waals surface area contributed by atoms with Gasteiger partial charge in [0.25, 0.3) is 0 Å². The summed E-state index contributed by atoms with van der Waals surface area (Å²) < 4.78 is 98.6. The van der Waals surface area contributed by atoms with Crippen LogP contribution in [0.4, 0.5) is 35.5 Å². The first-order valence-electron chi connectivity index (χ1n) is 11.2. The normalized spacial score (nSPS) is 18.6. The zero-order valence-electron chi connectivity index (χ0n) is 20.1. The number of ether oxygens (including phenoxy) is 1. The van der Waals surface area contributed by atoms with Crippen LogP contribution in [0.5, 0.6) is 0 Å². The van der Waals surface area contributed by atoms with Crippen LogP contribution in [-0.4, -0.2) is 41.3 Å². The summed E-state index contributed by atoms with van der Waals surface area (Å²) in [7, 11) is 0. The number of amides is 2. The highest BCUT2D eigenvalue weighted by molar-refractivity contribution is 5.86. The summed E-state index contributed by atoms with van der Waals surface area (Å²) in [6.07, 6.45) is -12.5. The molecule has 0 radical (unpaired) electrons. The smallest absolute Gasteiger partial charge is 0.416 e. The summed E-state index contributed by atoms with van der Waals surface area (Å²) in [6, 6.07) is 5.77. The molecule has 2 atom stereocenters. The SMILES string of the molecule is CC(C)(C)OC(=O)N1C[C@@H](F)C[C@H]1C(=O)NCc1cccc(-c2cc(C(F)(F)F)cc(C(F)(F)F)c2)c1. The number of benzene rings is 2. The molecule has 0 unspecified atom stereocenters. The molecule has 202 valence electrons. The summed E-state index contributed by atoms with van der Waals surface area (Å²) in [4.78, 5) is 26.1. The molecule has 2 amide bonds. The van der Waals surface area contributed by atoms with Crippen molar-refractivity contribution in [3.63, 3.8) is 0 Å². The Labute approximate surface area is 208 Å². The van der Waals surface area contributed by atoms with Crippen LogP contribution < -0.4 is 5.32 Å². The molecule has 0 aliphatic carbocycles. The molecule has 0 bridgehead atoms. The first-order valence-corrected chi connectivity index (χ1v) is 11.2. The van der Waals surface area contributed by atoms with E-state index in [1.54, 1.807) is 20.8 Å². The number of carbonyl (C=O) groups excluding carboxylic acids is 2. The maximum atomic E-state index is 14.0. The van der Waals surface area contributed by atoms with Crippen LogP contribution in [0.2, 0.25) is 0 Å². The molecule has 3 rings (SSSR count). The predicted molar refractivity (Wildman–Crippen MR) is 120 cm³/mol. The van der Waals surface area contributed by atoms with Crippen molar-refractivity contribution in [1.29, 1.82) is 0 Å². The zero-order chi connectivity index (χ0) is 27.8. The van der Waals surface area contributed by atoms with E-state index in [1.165, 1.54) is 24.3 Å². The first-order chi connectivity index (χ1) is 16.9. The molecule has 1 aliphatic rings. The number of nitrogens with one attached hydrogen (secondary N) is 1. The number of likely N-dealkylation sites (tertiary alicyclic amines) is 1. The highest BCUT2D eigenvalue weighted by atomic mass is 19.4. The van der Waals surface area contributed by atoms with Gasteiger partial charge >= 0.3 is 18.4 Å². The standard InChI is InChI=1S/C25H25F7N2O3/c1-23(2,3)37-22(36)34-13-19(26)11-20(34)21(35)33-12-14-5-4-6-15(7-14)16-8-17(24(27,28)29)10-18(9-16)25(30,31)32/h4-10,19-20H,11-13H2,1-3H3,(H,33,35)/t19-,20-/m0/s1. The highest BCUT2D eigenvalue weighted by Crippen LogP contribution is 2.38. The van der Waals surface area contributed by atoms with Gasteiger partial charge in [0, 0.05) is 13.0 Å². The van der Waals surface area contributed by atoms with E-state index in [4.69, 9.17) is 4.74 Å². The third-order valence-corrected chi connectivity index (χ3v) is 5.50. The largest absolute Gasteiger partial charge is 0.444 e. The molecular formula is C25H25F7N2O3. The molecule has 0 spiro atoms. The highest BCUT2D eigenvalue weighted by Gasteiger charge is 2.41. The third kappa shape index (κ3) is 7.36. The fraction of sp³-hybridized carbons (Fsp3) is 0.440. The van der Waals surface area contributed by atoms with Crippen molar-refractivity contribution in [2.24, 2.45) is 0 Å². The first kappa shape index (κ1) is 28.3. The molecule has 5 nitrogen and oxygen atoms in total. The van der Waals surface area contributed by atoms with E-state index in [9.17, 15) is 40.3 Å². The summed E-state index contributed by atoms with van der Waals surface area (Å²) >= 11 is 0. The second-order valence-electron chi connectivity index (χ2n) is 9.69. The molecular weight excluding hydrogens is 509 g/mol. The Morgan fingerprint density at radius 2 is 1.54 bits per heavy atom. The average molecular weight is 534 g/mol. The molecule has 0 saturated carbocycles. The van der Waals surface area contributed by atoms with Gasteiger partial charge < -0.3 is 10.1 Å². The molecule has 1 saturated heterocycles. The Hall–Kier alpha value is -3.31. The maximum absolute atomic E-state index is 14.0. The number of halogens is 7. The zero-order valence-corrected chi connectivity index (χ0v) is 20.1. The lowest BCUT2D eigenvalue weighted by atomic mass is 9.97. The second-order valence-corrected chi connectivity index (χ2v) is 9.69. The Kier molecular flexibility index (Phi) is 7.80. The van der Waals surface area contributed by atoms with Crippen molar-refractivity contribution in [2.45, 2.75) is 63.9 Å². The van der Waals surface area contributed by atoms with Gasteiger partial charge in [0.1, 0.15) is 17.8 Å². The summed E-state index contributed by atoms with van der Waals surface area (Å²) in [5.74, 6) is -0.671. The van der Waals surface area contributed by atoms with Gasteiger partial charge in [0.2, 0.25) is 5.91 Å². The fourth-order valence-corrected chi connectivity index (χ4v) is 3.85. The fourth-order valence-electron chi connectivity index (χ4n) is 3.85. The molecule has 2 aromatic carbocycles. The summed E-state index contributed by atoms with van der Waals surface area (Å²) in [6.45, 7) is 4.39. The second kappa shape index (κ2) is 10.2. The van der Waals surface area contributed by atoms with Crippen LogP contribution in [0.3, 0.4) is 0 Å². The quantitative estimate of drug-likeness (QED) is 0.465. The van der Waals surface area contributed by atoms with E-state index in [2.05, 4.69) is 5.32 Å². The molecule has 1 fully saturated rings. The number of alkyl halides is 7. The minimum atomic E-state index is -4.99. The molecule has 2 aromatic rings. The average Bonchev–Trinajstić information content (AvgIpc) is 3.17. The molecule has 0 aromatic heterocycles. The van der Waals surface area contributed by atoms with Crippen LogP contribution >= 0.6 is 0 Å². The third-order valence-electron chi connectivity index (χ3n) is 5.50. The lowest BCUT2D eigenvalue weighted by Gasteiger charge is -2.27. The van der Waals surface area contributed by atoms with Crippen LogP contribution in [0, 0.1) is 0 Å². The van der Waals surface area contributed by atoms with Gasteiger partial charge in [-0.3, -0.25) is 9.69 Å². The Balaban J connectivity index is 1.79. The van der Waals surface area contributed by atoms with Gasteiger partial charge in [-0.1, -0.05) is 18.2 Å². The number of rotatable bonds is 4. The molecule has 1 aliphatic heterocycles. The maximum Gasteiger partial charge on any atom is 0.416 e. The molecule has 37 heavy (non-hydrogen) atoms. The summed E-state index contributed by atoms with van der Waals surface area (Å²) in [5, 5.41) is 2.54. The molecule has 1 N–H and O–H groups in total. The van der Waals surface area contributed by atoms with Crippen LogP contribution in [-0.2, 0) is 28.4 Å². The van der Waals surface area contributed by atoms with E-state index < -0.39 is 53.3 Å². The van der Waals surface area contributed by atoms with Crippen molar-refractivity contribution in [2.75, 3.05) is 6.54 Å². The van der Waals surface area contributed by atoms with E-state index in [0.29, 0.717) is 17.7 Å². The van der Waals surface area contributed by atoms with Crippen molar-refractivity contribution < 1.29 is 45.1 Å². The van der Waals surface area contributed by atoms with Gasteiger partial charge in [-0.2, -0.15) is 26.3 Å². The lowest BCUT2D eigenvalue weighted by Crippen LogP contribution is -2.47. The number of carbonyl (C=O) groups is 2. The van der Waals surface area contributed by atoms with E-state index in [0.717, 1.165) is 4.90 Å². The molecule has 1 heterocycles. The van der Waals surface area contributed by atoms with Crippen molar-refractivity contribution >= 4 is 12.0 Å². The van der Waals surface area contributed by atoms with Crippen LogP contribution in [0.25, 0.3) is 11.1 Å². The van der Waals surface area contributed by atoms with Crippen molar-refractivity contribution in [1.82, 2.24) is 10.2 Å². The van der Waals surface area contributed by atoms with Gasteiger partial charge in [-0.15, -0.1) is 0 Å². The minimum absolute atomic E-state index is 0.0454. The van der Waals surface area contributed by atoms with Gasteiger partial charge in [-0.25, -0.2) is 9.18 Å². The predicted octanol–water partition coefficient (Wildman–Crippen LogP) is 6.35. The van der Waals surface area contributed by atoms with Crippen molar-refractivity contribution in [3.8, 4) is 11.1 Å². The molecule has 12 heteroatoms. The van der Waals surface area contributed by atoms with E-state index in [-0.39, 0.29) is 36.7 Å². The van der Waals surface area contributed by atoms with Crippen LogP contribution in [0.1, 0.15) is 43.9 Å². The Morgan fingerprint density at radius 1 is 0.946 bits per heavy atom. The van der Waals surface area contributed by atoms with Crippen molar-refractivity contribution in [3.05, 3.63) is 59.2 Å². The Morgan fingerprint density at radius 3 is 2.08 bits per heavy atom. The van der Waals surface area contributed by atoms with Gasteiger partial charge in [0.05, 0.1) is 17.7 Å². The topological polar surface area (TPSA) is 58.6 Å². The van der Waals surface area contributed by atoms with Gasteiger partial charge in [-0.05, 0) is 61.7 Å². The monoisotopic (exact) mass is 534 g/mol. The van der Waals surface area contributed by atoms with Gasteiger partial charge in [0.15, 0.2) is 0 Å². The summed E-state index contributed by atoms with van der Waals surface area (Å²) in [5.41, 5.74) is -3.61. The van der Waals surface area contributed by atoms with E-state index >= 15 is 0 Å². The number of hydrogen-bond donors (Lipinski definition) is 1. The van der Waals surface area contributed by atoms with Crippen LogP contribution in [0.15, 0.2) is 42.5 Å². The van der Waals surface area contributed by atoms with E-state index in [1.807, 2.05) is 0 Å². The number of hydrogen-bond acceptors (Lipinski definition) is 3. The number of nitrogens with zero attached hydrogens (tertiary/aromatic N) is 1. The minimum Gasteiger partial charge on any atom is -0.444 e.